The van der Waals surface area contributed by atoms with Crippen molar-refractivity contribution in [3.8, 4) is 6.07 Å². The largest absolute Gasteiger partial charge is 0.387 e. The summed E-state index contributed by atoms with van der Waals surface area (Å²) in [6.07, 6.45) is 5.45. The molecule has 88 valence electrons. The molecule has 1 aliphatic heterocycles. The van der Waals surface area contributed by atoms with Crippen LogP contribution >= 0.6 is 11.6 Å². The third-order valence-electron chi connectivity index (χ3n) is 4.26. The summed E-state index contributed by atoms with van der Waals surface area (Å²) < 4.78 is 0. The van der Waals surface area contributed by atoms with Crippen LogP contribution in [-0.4, -0.2) is 21.3 Å². The van der Waals surface area contributed by atoms with E-state index in [1.54, 1.807) is 12.3 Å². The summed E-state index contributed by atoms with van der Waals surface area (Å²) in [6, 6.07) is 2.15. The van der Waals surface area contributed by atoms with Gasteiger partial charge in [-0.1, -0.05) is 6.08 Å². The molecule has 1 N–H and O–H groups in total. The van der Waals surface area contributed by atoms with Crippen LogP contribution in [0.2, 0.25) is 0 Å². The lowest BCUT2D eigenvalue weighted by Gasteiger charge is -2.33. The van der Waals surface area contributed by atoms with Gasteiger partial charge in [0.25, 0.3) is 0 Å². The van der Waals surface area contributed by atoms with E-state index in [1.165, 1.54) is 0 Å². The molecule has 4 heteroatoms. The van der Waals surface area contributed by atoms with Crippen molar-refractivity contribution in [3.63, 3.8) is 0 Å². The van der Waals surface area contributed by atoms with Gasteiger partial charge in [0.15, 0.2) is 0 Å². The molecule has 0 amide bonds. The highest BCUT2D eigenvalue weighted by molar-refractivity contribution is 6.27. The Morgan fingerprint density at radius 2 is 2.35 bits per heavy atom. The molecule has 3 rings (SSSR count). The quantitative estimate of drug-likeness (QED) is 0.602. The number of halogens is 1. The SMILES string of the molecule is C=CC1C2=NC=C(C#N)C2CC1(O)C1(Cl)CC1. The number of alkyl halides is 1. The fourth-order valence-corrected chi connectivity index (χ4v) is 3.39. The zero-order valence-corrected chi connectivity index (χ0v) is 10.1. The lowest BCUT2D eigenvalue weighted by Crippen LogP contribution is -2.45. The second-order valence-electron chi connectivity index (χ2n) is 5.11. The normalized spacial score (nSPS) is 41.2. The molecule has 3 nitrogen and oxygen atoms in total. The van der Waals surface area contributed by atoms with Crippen molar-refractivity contribution < 1.29 is 5.11 Å². The monoisotopic (exact) mass is 248 g/mol. The van der Waals surface area contributed by atoms with Gasteiger partial charge in [-0.3, -0.25) is 4.99 Å². The fraction of sp³-hybridized carbons (Fsp3) is 0.538. The second kappa shape index (κ2) is 3.22. The minimum atomic E-state index is -0.990. The van der Waals surface area contributed by atoms with E-state index in [-0.39, 0.29) is 11.8 Å². The average Bonchev–Trinajstić information content (AvgIpc) is 2.84. The maximum absolute atomic E-state index is 10.8. The molecule has 3 aliphatic rings. The molecule has 0 spiro atoms. The molecule has 3 atom stereocenters. The Kier molecular flexibility index (Phi) is 2.08. The minimum Gasteiger partial charge on any atom is -0.387 e. The van der Waals surface area contributed by atoms with Crippen molar-refractivity contribution in [1.82, 2.24) is 0 Å². The van der Waals surface area contributed by atoms with E-state index in [2.05, 4.69) is 17.6 Å². The van der Waals surface area contributed by atoms with Crippen LogP contribution in [0, 0.1) is 23.2 Å². The predicted molar refractivity (Wildman–Crippen MR) is 65.7 cm³/mol. The molecule has 3 unspecified atom stereocenters. The third-order valence-corrected chi connectivity index (χ3v) is 4.97. The van der Waals surface area contributed by atoms with E-state index in [1.807, 2.05) is 0 Å². The van der Waals surface area contributed by atoms with E-state index in [0.717, 1.165) is 18.6 Å². The molecule has 0 saturated heterocycles. The van der Waals surface area contributed by atoms with E-state index in [0.29, 0.717) is 12.0 Å². The molecule has 0 bridgehead atoms. The number of aliphatic imine (C=N–C) groups is 1. The van der Waals surface area contributed by atoms with Gasteiger partial charge in [-0.15, -0.1) is 18.2 Å². The maximum atomic E-state index is 10.8. The van der Waals surface area contributed by atoms with Crippen LogP contribution in [0.25, 0.3) is 0 Å². The molecule has 0 radical (unpaired) electrons. The molecular formula is C13H13ClN2O. The summed E-state index contributed by atoms with van der Waals surface area (Å²) in [5, 5.41) is 19.9. The molecule has 17 heavy (non-hydrogen) atoms. The summed E-state index contributed by atoms with van der Waals surface area (Å²) in [5.41, 5.74) is 0.491. The number of fused-ring (bicyclic) bond motifs is 1. The lowest BCUT2D eigenvalue weighted by molar-refractivity contribution is 0.0125. The average molecular weight is 249 g/mol. The molecular weight excluding hydrogens is 236 g/mol. The molecule has 2 saturated carbocycles. The van der Waals surface area contributed by atoms with Gasteiger partial charge in [-0.05, 0) is 19.3 Å². The van der Waals surface area contributed by atoms with Gasteiger partial charge in [0.2, 0.25) is 0 Å². The molecule has 0 aromatic heterocycles. The summed E-state index contributed by atoms with van der Waals surface area (Å²) in [5.74, 6) is -0.293. The van der Waals surface area contributed by atoms with Crippen LogP contribution in [0.15, 0.2) is 29.4 Å². The van der Waals surface area contributed by atoms with Crippen molar-refractivity contribution in [2.24, 2.45) is 16.8 Å². The van der Waals surface area contributed by atoms with Gasteiger partial charge < -0.3 is 5.11 Å². The fourth-order valence-electron chi connectivity index (χ4n) is 3.10. The first kappa shape index (κ1) is 11.0. The molecule has 2 aliphatic carbocycles. The molecule has 1 heterocycles. The summed E-state index contributed by atoms with van der Waals surface area (Å²) in [4.78, 5) is 3.74. The van der Waals surface area contributed by atoms with E-state index in [9.17, 15) is 5.11 Å². The Hall–Kier alpha value is -1.11. The molecule has 2 fully saturated rings. The van der Waals surface area contributed by atoms with Crippen LogP contribution in [0.5, 0.6) is 0 Å². The van der Waals surface area contributed by atoms with Gasteiger partial charge in [0.05, 0.1) is 22.1 Å². The first-order valence-corrected chi connectivity index (χ1v) is 6.15. The van der Waals surface area contributed by atoms with Gasteiger partial charge in [0, 0.05) is 23.7 Å². The highest BCUT2D eigenvalue weighted by Crippen LogP contribution is 2.60. The second-order valence-corrected chi connectivity index (χ2v) is 5.83. The Morgan fingerprint density at radius 3 is 2.88 bits per heavy atom. The standard InChI is InChI=1S/C13H13ClN2O/c1-2-10-11-9(8(6-15)7-16-11)5-13(10,17)12(14)3-4-12/h2,7,9-10,17H,1,3-5H2. The van der Waals surface area contributed by atoms with E-state index in [4.69, 9.17) is 16.9 Å². The van der Waals surface area contributed by atoms with Crippen molar-refractivity contribution >= 4 is 17.3 Å². The number of rotatable bonds is 2. The van der Waals surface area contributed by atoms with E-state index < -0.39 is 10.5 Å². The van der Waals surface area contributed by atoms with Crippen molar-refractivity contribution in [2.75, 3.05) is 0 Å². The molecule has 0 aromatic carbocycles. The Labute approximate surface area is 105 Å². The van der Waals surface area contributed by atoms with Crippen LogP contribution in [0.1, 0.15) is 19.3 Å². The number of nitrogens with zero attached hydrogens (tertiary/aromatic N) is 2. The summed E-state index contributed by atoms with van der Waals surface area (Å²) in [7, 11) is 0. The smallest absolute Gasteiger partial charge is 0.0970 e. The van der Waals surface area contributed by atoms with Crippen LogP contribution in [-0.2, 0) is 0 Å². The third kappa shape index (κ3) is 1.23. The number of allylic oxidation sites excluding steroid dienone is 1. The van der Waals surface area contributed by atoms with Gasteiger partial charge in [-0.25, -0.2) is 0 Å². The number of hydrogen-bond donors (Lipinski definition) is 1. The zero-order valence-electron chi connectivity index (χ0n) is 9.36. The van der Waals surface area contributed by atoms with E-state index >= 15 is 0 Å². The first-order chi connectivity index (χ1) is 8.05. The predicted octanol–water partition coefficient (Wildman–Crippen LogP) is 2.17. The number of aliphatic hydroxyl groups is 1. The Balaban J connectivity index is 2.01. The van der Waals surface area contributed by atoms with Crippen molar-refractivity contribution in [2.45, 2.75) is 29.7 Å². The number of hydrogen-bond acceptors (Lipinski definition) is 3. The molecule has 0 aromatic rings. The highest BCUT2D eigenvalue weighted by atomic mass is 35.5. The van der Waals surface area contributed by atoms with Gasteiger partial charge >= 0.3 is 0 Å². The number of nitriles is 1. The van der Waals surface area contributed by atoms with Crippen molar-refractivity contribution in [3.05, 3.63) is 24.4 Å². The maximum Gasteiger partial charge on any atom is 0.0970 e. The first-order valence-electron chi connectivity index (χ1n) is 5.77. The topological polar surface area (TPSA) is 56.4 Å². The Morgan fingerprint density at radius 1 is 1.65 bits per heavy atom. The summed E-state index contributed by atoms with van der Waals surface area (Å²) >= 11 is 6.41. The minimum absolute atomic E-state index is 0.0655. The summed E-state index contributed by atoms with van der Waals surface area (Å²) in [6.45, 7) is 3.79. The van der Waals surface area contributed by atoms with Crippen LogP contribution in [0.3, 0.4) is 0 Å². The van der Waals surface area contributed by atoms with Crippen LogP contribution < -0.4 is 0 Å². The zero-order chi connectivity index (χ0) is 12.3. The highest BCUT2D eigenvalue weighted by Gasteiger charge is 2.66. The van der Waals surface area contributed by atoms with Crippen molar-refractivity contribution in [1.29, 1.82) is 5.26 Å². The van der Waals surface area contributed by atoms with Crippen LogP contribution in [0.4, 0.5) is 0 Å². The Bertz CT molecular complexity index is 498. The van der Waals surface area contributed by atoms with Gasteiger partial charge in [0.1, 0.15) is 0 Å². The lowest BCUT2D eigenvalue weighted by atomic mass is 9.85. The van der Waals surface area contributed by atoms with Gasteiger partial charge in [-0.2, -0.15) is 5.26 Å².